The Labute approximate surface area is 121 Å². The van der Waals surface area contributed by atoms with Gasteiger partial charge in [-0.3, -0.25) is 19.8 Å². The molecule has 0 saturated carbocycles. The highest BCUT2D eigenvalue weighted by Crippen LogP contribution is 2.21. The van der Waals surface area contributed by atoms with Crippen molar-refractivity contribution in [3.8, 4) is 0 Å². The molecular formula is C15H26N2O3. The van der Waals surface area contributed by atoms with Gasteiger partial charge in [-0.25, -0.2) is 4.79 Å². The van der Waals surface area contributed by atoms with E-state index in [0.29, 0.717) is 12.3 Å². The zero-order valence-electron chi connectivity index (χ0n) is 12.9. The number of amides is 4. The van der Waals surface area contributed by atoms with Gasteiger partial charge in [0.2, 0.25) is 11.8 Å². The SMILES string of the molecule is CCCC1C(=O)NC(=O)N(C(C)CCCC(C)C)C1=O. The number of nitrogens with zero attached hydrogens (tertiary/aromatic N) is 1. The monoisotopic (exact) mass is 282 g/mol. The predicted octanol–water partition coefficient (Wildman–Crippen LogP) is 2.70. The summed E-state index contributed by atoms with van der Waals surface area (Å²) in [6.07, 6.45) is 4.07. The summed E-state index contributed by atoms with van der Waals surface area (Å²) < 4.78 is 0. The first-order chi connectivity index (χ1) is 9.38. The Bertz CT molecular complexity index is 379. The van der Waals surface area contributed by atoms with Gasteiger partial charge >= 0.3 is 6.03 Å². The lowest BCUT2D eigenvalue weighted by atomic mass is 9.97. The Balaban J connectivity index is 2.68. The fourth-order valence-electron chi connectivity index (χ4n) is 2.54. The Morgan fingerprint density at radius 3 is 2.35 bits per heavy atom. The van der Waals surface area contributed by atoms with Gasteiger partial charge in [0.1, 0.15) is 5.92 Å². The van der Waals surface area contributed by atoms with E-state index in [9.17, 15) is 14.4 Å². The number of carbonyl (C=O) groups is 3. The summed E-state index contributed by atoms with van der Waals surface area (Å²) in [5.74, 6) is -0.877. The van der Waals surface area contributed by atoms with Crippen molar-refractivity contribution in [1.82, 2.24) is 10.2 Å². The number of rotatable bonds is 7. The van der Waals surface area contributed by atoms with E-state index in [2.05, 4.69) is 19.2 Å². The molecule has 0 radical (unpaired) electrons. The minimum Gasteiger partial charge on any atom is -0.277 e. The third kappa shape index (κ3) is 4.05. The molecule has 0 bridgehead atoms. The van der Waals surface area contributed by atoms with Gasteiger partial charge in [0.05, 0.1) is 0 Å². The molecule has 114 valence electrons. The van der Waals surface area contributed by atoms with Crippen LogP contribution in [0.1, 0.15) is 59.8 Å². The fraction of sp³-hybridized carbons (Fsp3) is 0.800. The van der Waals surface area contributed by atoms with Gasteiger partial charge in [-0.05, 0) is 25.7 Å². The molecule has 1 saturated heterocycles. The molecule has 1 heterocycles. The number of nitrogens with one attached hydrogen (secondary N) is 1. The van der Waals surface area contributed by atoms with Crippen LogP contribution >= 0.6 is 0 Å². The second kappa shape index (κ2) is 7.41. The first-order valence-electron chi connectivity index (χ1n) is 7.56. The summed E-state index contributed by atoms with van der Waals surface area (Å²) in [5.41, 5.74) is 0. The predicted molar refractivity (Wildman–Crippen MR) is 76.9 cm³/mol. The molecule has 2 unspecified atom stereocenters. The smallest absolute Gasteiger partial charge is 0.277 e. The number of urea groups is 1. The third-order valence-corrected chi connectivity index (χ3v) is 3.72. The average Bonchev–Trinajstić information content (AvgIpc) is 2.33. The van der Waals surface area contributed by atoms with Crippen LogP contribution in [0.4, 0.5) is 4.79 Å². The largest absolute Gasteiger partial charge is 0.331 e. The van der Waals surface area contributed by atoms with Gasteiger partial charge in [-0.1, -0.05) is 40.0 Å². The number of carbonyl (C=O) groups excluding carboxylic acids is 3. The summed E-state index contributed by atoms with van der Waals surface area (Å²) in [6.45, 7) is 8.10. The topological polar surface area (TPSA) is 66.5 Å². The van der Waals surface area contributed by atoms with E-state index >= 15 is 0 Å². The number of hydrogen-bond donors (Lipinski definition) is 1. The second-order valence-electron chi connectivity index (χ2n) is 6.02. The van der Waals surface area contributed by atoms with Crippen LogP contribution in [-0.4, -0.2) is 28.8 Å². The highest BCUT2D eigenvalue weighted by Gasteiger charge is 2.41. The number of imide groups is 2. The summed E-state index contributed by atoms with van der Waals surface area (Å²) in [4.78, 5) is 37.1. The lowest BCUT2D eigenvalue weighted by Gasteiger charge is -2.34. The maximum absolute atomic E-state index is 12.3. The normalized spacial score (nSPS) is 21.4. The molecule has 0 aromatic carbocycles. The zero-order chi connectivity index (χ0) is 15.3. The molecular weight excluding hydrogens is 256 g/mol. The van der Waals surface area contributed by atoms with Crippen molar-refractivity contribution in [2.45, 2.75) is 65.8 Å². The molecule has 5 heteroatoms. The van der Waals surface area contributed by atoms with E-state index in [-0.39, 0.29) is 11.9 Å². The van der Waals surface area contributed by atoms with E-state index < -0.39 is 17.9 Å². The maximum Gasteiger partial charge on any atom is 0.331 e. The molecule has 2 atom stereocenters. The first-order valence-corrected chi connectivity index (χ1v) is 7.56. The van der Waals surface area contributed by atoms with Crippen LogP contribution in [0.2, 0.25) is 0 Å². The molecule has 5 nitrogen and oxygen atoms in total. The minimum absolute atomic E-state index is 0.159. The summed E-state index contributed by atoms with van der Waals surface area (Å²) in [7, 11) is 0. The average molecular weight is 282 g/mol. The van der Waals surface area contributed by atoms with E-state index in [1.165, 1.54) is 4.90 Å². The van der Waals surface area contributed by atoms with E-state index in [1.807, 2.05) is 13.8 Å². The van der Waals surface area contributed by atoms with Gasteiger partial charge in [0.25, 0.3) is 0 Å². The summed E-state index contributed by atoms with van der Waals surface area (Å²) in [5, 5.41) is 2.30. The molecule has 0 spiro atoms. The Kier molecular flexibility index (Phi) is 6.17. The van der Waals surface area contributed by atoms with Crippen LogP contribution in [0.25, 0.3) is 0 Å². The molecule has 1 aliphatic rings. The van der Waals surface area contributed by atoms with Crippen LogP contribution in [0.15, 0.2) is 0 Å². The van der Waals surface area contributed by atoms with Crippen LogP contribution < -0.4 is 5.32 Å². The van der Waals surface area contributed by atoms with E-state index in [0.717, 1.165) is 25.7 Å². The molecule has 1 fully saturated rings. The standard InChI is InChI=1S/C15H26N2O3/c1-5-7-12-13(18)16-15(20)17(14(12)19)11(4)9-6-8-10(2)3/h10-12H,5-9H2,1-4H3,(H,16,18,20). The van der Waals surface area contributed by atoms with Gasteiger partial charge in [0, 0.05) is 6.04 Å². The maximum atomic E-state index is 12.3. The van der Waals surface area contributed by atoms with E-state index in [1.54, 1.807) is 0 Å². The molecule has 1 aliphatic heterocycles. The van der Waals surface area contributed by atoms with Crippen molar-refractivity contribution in [3.63, 3.8) is 0 Å². The lowest BCUT2D eigenvalue weighted by Crippen LogP contribution is -2.60. The summed E-state index contributed by atoms with van der Waals surface area (Å²) in [6, 6.07) is -0.724. The third-order valence-electron chi connectivity index (χ3n) is 3.72. The van der Waals surface area contributed by atoms with Gasteiger partial charge < -0.3 is 0 Å². The fourth-order valence-corrected chi connectivity index (χ4v) is 2.54. The van der Waals surface area contributed by atoms with Crippen molar-refractivity contribution in [2.75, 3.05) is 0 Å². The highest BCUT2D eigenvalue weighted by atomic mass is 16.2. The lowest BCUT2D eigenvalue weighted by molar-refractivity contribution is -0.144. The molecule has 4 amide bonds. The molecule has 0 aromatic rings. The van der Waals surface area contributed by atoms with Crippen LogP contribution in [-0.2, 0) is 9.59 Å². The molecule has 1 N–H and O–H groups in total. The van der Waals surface area contributed by atoms with Gasteiger partial charge in [-0.15, -0.1) is 0 Å². The van der Waals surface area contributed by atoms with Gasteiger partial charge in [0.15, 0.2) is 0 Å². The van der Waals surface area contributed by atoms with Crippen LogP contribution in [0.5, 0.6) is 0 Å². The van der Waals surface area contributed by atoms with Gasteiger partial charge in [-0.2, -0.15) is 0 Å². The second-order valence-corrected chi connectivity index (χ2v) is 6.02. The molecule has 1 rings (SSSR count). The number of hydrogen-bond acceptors (Lipinski definition) is 3. The van der Waals surface area contributed by atoms with Crippen molar-refractivity contribution >= 4 is 17.8 Å². The van der Waals surface area contributed by atoms with Crippen molar-refractivity contribution < 1.29 is 14.4 Å². The number of barbiturate groups is 1. The Hall–Kier alpha value is -1.39. The Morgan fingerprint density at radius 2 is 1.80 bits per heavy atom. The van der Waals surface area contributed by atoms with Crippen molar-refractivity contribution in [3.05, 3.63) is 0 Å². The van der Waals surface area contributed by atoms with E-state index in [4.69, 9.17) is 0 Å². The molecule has 20 heavy (non-hydrogen) atoms. The van der Waals surface area contributed by atoms with Crippen molar-refractivity contribution in [1.29, 1.82) is 0 Å². The quantitative estimate of drug-likeness (QED) is 0.730. The van der Waals surface area contributed by atoms with Crippen LogP contribution in [0.3, 0.4) is 0 Å². The molecule has 0 aliphatic carbocycles. The molecule has 0 aromatic heterocycles. The Morgan fingerprint density at radius 1 is 1.15 bits per heavy atom. The minimum atomic E-state index is -0.703. The first kappa shape index (κ1) is 16.7. The zero-order valence-corrected chi connectivity index (χ0v) is 12.9. The highest BCUT2D eigenvalue weighted by molar-refractivity contribution is 6.16. The van der Waals surface area contributed by atoms with Crippen molar-refractivity contribution in [2.24, 2.45) is 11.8 Å². The summed E-state index contributed by atoms with van der Waals surface area (Å²) >= 11 is 0. The van der Waals surface area contributed by atoms with Crippen LogP contribution in [0, 0.1) is 11.8 Å².